The number of hydrogen-bond donors (Lipinski definition) is 1. The zero-order valence-electron chi connectivity index (χ0n) is 9.58. The molecule has 0 spiro atoms. The zero-order valence-corrected chi connectivity index (χ0v) is 9.58. The van der Waals surface area contributed by atoms with Gasteiger partial charge in [-0.2, -0.15) is 0 Å². The second-order valence-corrected chi connectivity index (χ2v) is 4.53. The van der Waals surface area contributed by atoms with Crippen LogP contribution in [0.5, 0.6) is 0 Å². The summed E-state index contributed by atoms with van der Waals surface area (Å²) in [7, 11) is 0. The summed E-state index contributed by atoms with van der Waals surface area (Å²) in [5.41, 5.74) is 0. The number of amides is 1. The van der Waals surface area contributed by atoms with Crippen molar-refractivity contribution in [3.05, 3.63) is 24.2 Å². The molecule has 1 saturated carbocycles. The Morgan fingerprint density at radius 2 is 2.25 bits per heavy atom. The molecule has 0 aliphatic heterocycles. The molecule has 0 unspecified atom stereocenters. The van der Waals surface area contributed by atoms with Gasteiger partial charge in [-0.1, -0.05) is 25.7 Å². The Morgan fingerprint density at radius 1 is 1.44 bits per heavy atom. The Balaban J connectivity index is 1.59. The Morgan fingerprint density at radius 3 is 2.94 bits per heavy atom. The van der Waals surface area contributed by atoms with E-state index < -0.39 is 0 Å². The van der Waals surface area contributed by atoms with Crippen molar-refractivity contribution in [3.63, 3.8) is 0 Å². The molecule has 1 aromatic heterocycles. The summed E-state index contributed by atoms with van der Waals surface area (Å²) in [5, 5.41) is 2.88. The third kappa shape index (κ3) is 3.12. The molecular formula is C13H19NO2. The lowest BCUT2D eigenvalue weighted by Gasteiger charge is -2.08. The maximum Gasteiger partial charge on any atom is 0.286 e. The van der Waals surface area contributed by atoms with Crippen molar-refractivity contribution in [1.29, 1.82) is 0 Å². The molecule has 1 fully saturated rings. The van der Waals surface area contributed by atoms with E-state index in [4.69, 9.17) is 4.42 Å². The van der Waals surface area contributed by atoms with Gasteiger partial charge >= 0.3 is 0 Å². The van der Waals surface area contributed by atoms with Gasteiger partial charge in [-0.25, -0.2) is 0 Å². The van der Waals surface area contributed by atoms with Gasteiger partial charge in [0, 0.05) is 6.54 Å². The molecule has 0 bridgehead atoms. The number of hydrogen-bond acceptors (Lipinski definition) is 2. The van der Waals surface area contributed by atoms with Gasteiger partial charge in [0.2, 0.25) is 0 Å². The number of carbonyl (C=O) groups excluding carboxylic acids is 1. The average Bonchev–Trinajstić information content (AvgIpc) is 2.96. The van der Waals surface area contributed by atoms with Crippen molar-refractivity contribution >= 4 is 5.91 Å². The van der Waals surface area contributed by atoms with Crippen molar-refractivity contribution in [2.24, 2.45) is 5.92 Å². The van der Waals surface area contributed by atoms with Gasteiger partial charge in [-0.3, -0.25) is 4.79 Å². The summed E-state index contributed by atoms with van der Waals surface area (Å²) < 4.78 is 5.01. The molecule has 0 aromatic carbocycles. The van der Waals surface area contributed by atoms with E-state index >= 15 is 0 Å². The minimum atomic E-state index is -0.101. The van der Waals surface area contributed by atoms with E-state index in [1.807, 2.05) is 0 Å². The van der Waals surface area contributed by atoms with Gasteiger partial charge < -0.3 is 9.73 Å². The first-order valence-electron chi connectivity index (χ1n) is 6.18. The highest BCUT2D eigenvalue weighted by Crippen LogP contribution is 2.28. The van der Waals surface area contributed by atoms with Crippen molar-refractivity contribution in [3.8, 4) is 0 Å². The molecule has 1 aromatic rings. The smallest absolute Gasteiger partial charge is 0.286 e. The SMILES string of the molecule is O=C(NCCCC1CCCC1)c1ccco1. The van der Waals surface area contributed by atoms with Crippen LogP contribution in [0.2, 0.25) is 0 Å². The molecule has 1 amide bonds. The predicted octanol–water partition coefficient (Wildman–Crippen LogP) is 2.98. The van der Waals surface area contributed by atoms with Gasteiger partial charge in [0.1, 0.15) is 0 Å². The number of carbonyl (C=O) groups is 1. The van der Waals surface area contributed by atoms with Crippen LogP contribution in [0.15, 0.2) is 22.8 Å². The molecule has 1 heterocycles. The maximum absolute atomic E-state index is 11.5. The van der Waals surface area contributed by atoms with Crippen LogP contribution in [0.1, 0.15) is 49.1 Å². The second-order valence-electron chi connectivity index (χ2n) is 4.53. The summed E-state index contributed by atoms with van der Waals surface area (Å²) in [4.78, 5) is 11.5. The fourth-order valence-corrected chi connectivity index (χ4v) is 2.39. The molecule has 3 heteroatoms. The van der Waals surface area contributed by atoms with E-state index in [0.717, 1.165) is 18.9 Å². The number of nitrogens with one attached hydrogen (secondary N) is 1. The molecule has 3 nitrogen and oxygen atoms in total. The molecule has 1 aliphatic rings. The summed E-state index contributed by atoms with van der Waals surface area (Å²) in [5.74, 6) is 1.21. The van der Waals surface area contributed by atoms with Crippen molar-refractivity contribution < 1.29 is 9.21 Å². The Labute approximate surface area is 96.2 Å². The summed E-state index contributed by atoms with van der Waals surface area (Å²) >= 11 is 0. The highest BCUT2D eigenvalue weighted by Gasteiger charge is 2.14. The van der Waals surface area contributed by atoms with Crippen LogP contribution in [-0.4, -0.2) is 12.5 Å². The van der Waals surface area contributed by atoms with Gasteiger partial charge in [-0.05, 0) is 30.9 Å². The van der Waals surface area contributed by atoms with E-state index in [1.165, 1.54) is 38.4 Å². The fourth-order valence-electron chi connectivity index (χ4n) is 2.39. The van der Waals surface area contributed by atoms with E-state index in [-0.39, 0.29) is 5.91 Å². The lowest BCUT2D eigenvalue weighted by Crippen LogP contribution is -2.24. The molecule has 0 saturated heterocycles. The van der Waals surface area contributed by atoms with E-state index in [9.17, 15) is 4.79 Å². The van der Waals surface area contributed by atoms with Crippen LogP contribution in [0.4, 0.5) is 0 Å². The summed E-state index contributed by atoms with van der Waals surface area (Å²) in [6, 6.07) is 3.42. The largest absolute Gasteiger partial charge is 0.459 e. The Bertz CT molecular complexity index is 313. The molecule has 0 atom stereocenters. The summed E-state index contributed by atoms with van der Waals surface area (Å²) in [6.07, 6.45) is 9.40. The zero-order chi connectivity index (χ0) is 11.2. The lowest BCUT2D eigenvalue weighted by molar-refractivity contribution is 0.0925. The first-order valence-corrected chi connectivity index (χ1v) is 6.18. The topological polar surface area (TPSA) is 42.2 Å². The van der Waals surface area contributed by atoms with E-state index in [0.29, 0.717) is 5.76 Å². The van der Waals surface area contributed by atoms with E-state index in [2.05, 4.69) is 5.32 Å². The van der Waals surface area contributed by atoms with Crippen LogP contribution >= 0.6 is 0 Å². The monoisotopic (exact) mass is 221 g/mol. The van der Waals surface area contributed by atoms with Gasteiger partial charge in [0.15, 0.2) is 5.76 Å². The predicted molar refractivity (Wildman–Crippen MR) is 62.2 cm³/mol. The van der Waals surface area contributed by atoms with Gasteiger partial charge in [0.25, 0.3) is 5.91 Å². The van der Waals surface area contributed by atoms with Crippen molar-refractivity contribution in [2.75, 3.05) is 6.54 Å². The standard InChI is InChI=1S/C13H19NO2/c15-13(12-8-4-10-16-12)14-9-3-7-11-5-1-2-6-11/h4,8,10-11H,1-3,5-7,9H2,(H,14,15). The van der Waals surface area contributed by atoms with E-state index in [1.54, 1.807) is 12.1 Å². The number of rotatable bonds is 5. The third-order valence-electron chi connectivity index (χ3n) is 3.29. The third-order valence-corrected chi connectivity index (χ3v) is 3.29. The minimum Gasteiger partial charge on any atom is -0.459 e. The fraction of sp³-hybridized carbons (Fsp3) is 0.615. The molecule has 2 rings (SSSR count). The quantitative estimate of drug-likeness (QED) is 0.777. The first kappa shape index (κ1) is 11.2. The number of furan rings is 1. The Kier molecular flexibility index (Phi) is 4.03. The second kappa shape index (κ2) is 5.73. The minimum absolute atomic E-state index is 0.101. The highest BCUT2D eigenvalue weighted by atomic mass is 16.3. The molecule has 88 valence electrons. The molecular weight excluding hydrogens is 202 g/mol. The van der Waals surface area contributed by atoms with Crippen LogP contribution in [0.3, 0.4) is 0 Å². The van der Waals surface area contributed by atoms with Crippen LogP contribution in [0, 0.1) is 5.92 Å². The van der Waals surface area contributed by atoms with Crippen LogP contribution < -0.4 is 5.32 Å². The molecule has 0 radical (unpaired) electrons. The normalized spacial score (nSPS) is 16.5. The van der Waals surface area contributed by atoms with Gasteiger partial charge in [0.05, 0.1) is 6.26 Å². The van der Waals surface area contributed by atoms with Crippen molar-refractivity contribution in [1.82, 2.24) is 5.32 Å². The lowest BCUT2D eigenvalue weighted by atomic mass is 10.0. The Hall–Kier alpha value is -1.25. The van der Waals surface area contributed by atoms with Crippen LogP contribution in [-0.2, 0) is 0 Å². The molecule has 1 N–H and O–H groups in total. The highest BCUT2D eigenvalue weighted by molar-refractivity contribution is 5.91. The average molecular weight is 221 g/mol. The van der Waals surface area contributed by atoms with Crippen LogP contribution in [0.25, 0.3) is 0 Å². The van der Waals surface area contributed by atoms with Crippen molar-refractivity contribution in [2.45, 2.75) is 38.5 Å². The maximum atomic E-state index is 11.5. The first-order chi connectivity index (χ1) is 7.86. The van der Waals surface area contributed by atoms with Gasteiger partial charge in [-0.15, -0.1) is 0 Å². The molecule has 1 aliphatic carbocycles. The summed E-state index contributed by atoms with van der Waals surface area (Å²) in [6.45, 7) is 0.760. The molecule has 16 heavy (non-hydrogen) atoms.